The van der Waals surface area contributed by atoms with E-state index >= 15 is 0 Å². The van der Waals surface area contributed by atoms with Crippen molar-refractivity contribution in [2.45, 2.75) is 0 Å². The molecule has 5 aromatic rings. The number of nitrogens with zero attached hydrogens (tertiary/aromatic N) is 4. The van der Waals surface area contributed by atoms with Gasteiger partial charge in [0.1, 0.15) is 5.75 Å². The van der Waals surface area contributed by atoms with Crippen LogP contribution in [0.15, 0.2) is 97.1 Å². The van der Waals surface area contributed by atoms with Gasteiger partial charge in [-0.05, 0) is 36.4 Å². The molecule has 37 heavy (non-hydrogen) atoms. The summed E-state index contributed by atoms with van der Waals surface area (Å²) < 4.78 is 5.33. The number of benzene rings is 4. The van der Waals surface area contributed by atoms with Crippen LogP contribution < -0.4 is 4.74 Å². The Labute approximate surface area is 209 Å². The zero-order valence-corrected chi connectivity index (χ0v) is 19.0. The number of nitro groups is 2. The molecular weight excluding hydrogens is 476 g/mol. The Morgan fingerprint density at radius 3 is 1.65 bits per heavy atom. The lowest BCUT2D eigenvalue weighted by molar-refractivity contribution is -0.394. The number of hydrogen-bond acceptors (Lipinski definition) is 8. The van der Waals surface area contributed by atoms with E-state index in [4.69, 9.17) is 14.7 Å². The first-order valence-corrected chi connectivity index (χ1v) is 11.0. The standard InChI is InChI=1S/C27H16N4O6/c32-27(19-14-20(30(33)34)16-21(15-19)31(35)36)37-22-12-10-18(11-13-22)26-25(17-6-2-1-3-7-17)28-23-8-4-5-9-24(23)29-26/h1-16H. The molecule has 0 aliphatic carbocycles. The second kappa shape index (κ2) is 9.62. The van der Waals surface area contributed by atoms with Crippen molar-refractivity contribution in [2.75, 3.05) is 0 Å². The van der Waals surface area contributed by atoms with Crippen molar-refractivity contribution in [1.29, 1.82) is 0 Å². The second-order valence-electron chi connectivity index (χ2n) is 7.94. The summed E-state index contributed by atoms with van der Waals surface area (Å²) in [6.07, 6.45) is 0. The number of nitro benzene ring substituents is 2. The van der Waals surface area contributed by atoms with Gasteiger partial charge in [0.15, 0.2) is 0 Å². The van der Waals surface area contributed by atoms with Gasteiger partial charge in [-0.25, -0.2) is 14.8 Å². The number of fused-ring (bicyclic) bond motifs is 1. The number of carbonyl (C=O) groups is 1. The summed E-state index contributed by atoms with van der Waals surface area (Å²) in [5.41, 5.74) is 2.93. The molecular formula is C27H16N4O6. The molecule has 0 saturated carbocycles. The summed E-state index contributed by atoms with van der Waals surface area (Å²) in [5.74, 6) is -0.812. The van der Waals surface area contributed by atoms with Crippen molar-refractivity contribution in [3.05, 3.63) is 123 Å². The van der Waals surface area contributed by atoms with Crippen molar-refractivity contribution in [1.82, 2.24) is 9.97 Å². The van der Waals surface area contributed by atoms with Crippen molar-refractivity contribution >= 4 is 28.4 Å². The molecule has 10 heteroatoms. The Morgan fingerprint density at radius 1 is 0.649 bits per heavy atom. The molecule has 10 nitrogen and oxygen atoms in total. The van der Waals surface area contributed by atoms with E-state index in [-0.39, 0.29) is 11.3 Å². The van der Waals surface area contributed by atoms with Gasteiger partial charge in [0.2, 0.25) is 0 Å². The second-order valence-corrected chi connectivity index (χ2v) is 7.94. The topological polar surface area (TPSA) is 138 Å². The molecule has 0 atom stereocenters. The number of non-ortho nitro benzene ring substituents is 2. The van der Waals surface area contributed by atoms with Gasteiger partial charge in [0.25, 0.3) is 11.4 Å². The first-order chi connectivity index (χ1) is 17.9. The third-order valence-electron chi connectivity index (χ3n) is 5.52. The largest absolute Gasteiger partial charge is 0.423 e. The number of aromatic nitrogens is 2. The molecule has 0 aliphatic heterocycles. The minimum absolute atomic E-state index is 0.151. The lowest BCUT2D eigenvalue weighted by atomic mass is 10.0. The maximum Gasteiger partial charge on any atom is 0.344 e. The van der Waals surface area contributed by atoms with Gasteiger partial charge < -0.3 is 4.74 Å². The quantitative estimate of drug-likeness (QED) is 0.122. The van der Waals surface area contributed by atoms with E-state index in [1.807, 2.05) is 54.6 Å². The van der Waals surface area contributed by atoms with Gasteiger partial charge in [-0.1, -0.05) is 42.5 Å². The Morgan fingerprint density at radius 2 is 1.14 bits per heavy atom. The van der Waals surface area contributed by atoms with Crippen LogP contribution in [0.1, 0.15) is 10.4 Å². The molecule has 1 aromatic heterocycles. The molecule has 0 saturated heterocycles. The fourth-order valence-electron chi connectivity index (χ4n) is 3.77. The van der Waals surface area contributed by atoms with E-state index in [9.17, 15) is 25.0 Å². The minimum Gasteiger partial charge on any atom is -0.423 e. The molecule has 1 heterocycles. The fourth-order valence-corrected chi connectivity index (χ4v) is 3.77. The smallest absolute Gasteiger partial charge is 0.344 e. The molecule has 0 bridgehead atoms. The number of rotatable bonds is 6. The number of ether oxygens (including phenoxy) is 1. The summed E-state index contributed by atoms with van der Waals surface area (Å²) in [5, 5.41) is 22.2. The number of esters is 1. The van der Waals surface area contributed by atoms with Crippen LogP contribution in [0.2, 0.25) is 0 Å². The van der Waals surface area contributed by atoms with Gasteiger partial charge in [0.05, 0.1) is 43.9 Å². The van der Waals surface area contributed by atoms with E-state index in [2.05, 4.69) is 0 Å². The van der Waals surface area contributed by atoms with E-state index in [0.717, 1.165) is 40.4 Å². The van der Waals surface area contributed by atoms with Crippen LogP contribution in [0.25, 0.3) is 33.5 Å². The molecule has 5 rings (SSSR count). The van der Waals surface area contributed by atoms with Gasteiger partial charge in [-0.15, -0.1) is 0 Å². The van der Waals surface area contributed by atoms with Crippen molar-refractivity contribution in [3.8, 4) is 28.3 Å². The van der Waals surface area contributed by atoms with Crippen LogP contribution in [0.3, 0.4) is 0 Å². The number of hydrogen-bond donors (Lipinski definition) is 0. The molecule has 0 fully saturated rings. The van der Waals surface area contributed by atoms with Gasteiger partial charge in [0, 0.05) is 23.3 Å². The molecule has 180 valence electrons. The fraction of sp³-hybridized carbons (Fsp3) is 0. The highest BCUT2D eigenvalue weighted by atomic mass is 16.6. The van der Waals surface area contributed by atoms with Crippen molar-refractivity contribution in [2.24, 2.45) is 0 Å². The lowest BCUT2D eigenvalue weighted by Gasteiger charge is -2.11. The molecule has 0 N–H and O–H groups in total. The van der Waals surface area contributed by atoms with Crippen LogP contribution in [0.4, 0.5) is 11.4 Å². The molecule has 0 spiro atoms. The zero-order valence-electron chi connectivity index (χ0n) is 19.0. The normalized spacial score (nSPS) is 10.7. The Kier molecular flexibility index (Phi) is 6.05. The molecule has 0 radical (unpaired) electrons. The third-order valence-corrected chi connectivity index (χ3v) is 5.52. The highest BCUT2D eigenvalue weighted by Crippen LogP contribution is 2.32. The predicted octanol–water partition coefficient (Wildman–Crippen LogP) is 6.00. The van der Waals surface area contributed by atoms with Crippen LogP contribution in [-0.2, 0) is 0 Å². The first-order valence-electron chi connectivity index (χ1n) is 11.0. The van der Waals surface area contributed by atoms with E-state index in [1.165, 1.54) is 0 Å². The summed E-state index contributed by atoms with van der Waals surface area (Å²) >= 11 is 0. The van der Waals surface area contributed by atoms with E-state index in [0.29, 0.717) is 11.4 Å². The Hall–Kier alpha value is -5.51. The molecule has 0 unspecified atom stereocenters. The average Bonchev–Trinajstić information content (AvgIpc) is 2.93. The van der Waals surface area contributed by atoms with Crippen LogP contribution in [-0.4, -0.2) is 25.8 Å². The summed E-state index contributed by atoms with van der Waals surface area (Å²) in [6, 6.07) is 26.3. The maximum absolute atomic E-state index is 12.6. The van der Waals surface area contributed by atoms with Gasteiger partial charge >= 0.3 is 5.97 Å². The van der Waals surface area contributed by atoms with Crippen molar-refractivity contribution < 1.29 is 19.4 Å². The van der Waals surface area contributed by atoms with Crippen LogP contribution in [0.5, 0.6) is 5.75 Å². The SMILES string of the molecule is O=C(Oc1ccc(-c2nc3ccccc3nc2-c2ccccc2)cc1)c1cc([N+](=O)[O-])cc([N+](=O)[O-])c1. The summed E-state index contributed by atoms with van der Waals surface area (Å²) in [4.78, 5) is 42.8. The van der Waals surface area contributed by atoms with Crippen LogP contribution >= 0.6 is 0 Å². The monoisotopic (exact) mass is 492 g/mol. The van der Waals surface area contributed by atoms with Gasteiger partial charge in [-0.2, -0.15) is 0 Å². The predicted molar refractivity (Wildman–Crippen MR) is 135 cm³/mol. The van der Waals surface area contributed by atoms with Gasteiger partial charge in [-0.3, -0.25) is 20.2 Å². The van der Waals surface area contributed by atoms with E-state index in [1.54, 1.807) is 24.3 Å². The summed E-state index contributed by atoms with van der Waals surface area (Å²) in [6.45, 7) is 0. The molecule has 0 amide bonds. The minimum atomic E-state index is -0.963. The highest BCUT2D eigenvalue weighted by Gasteiger charge is 2.21. The average molecular weight is 492 g/mol. The number of para-hydroxylation sites is 2. The Balaban J connectivity index is 1.48. The third kappa shape index (κ3) is 4.84. The van der Waals surface area contributed by atoms with E-state index < -0.39 is 27.2 Å². The highest BCUT2D eigenvalue weighted by molar-refractivity contribution is 5.93. The lowest BCUT2D eigenvalue weighted by Crippen LogP contribution is -2.09. The summed E-state index contributed by atoms with van der Waals surface area (Å²) in [7, 11) is 0. The van der Waals surface area contributed by atoms with Crippen molar-refractivity contribution in [3.63, 3.8) is 0 Å². The molecule has 0 aliphatic rings. The Bertz CT molecular complexity index is 1640. The first kappa shape index (κ1) is 23.2. The zero-order chi connectivity index (χ0) is 25.9. The maximum atomic E-state index is 12.6. The number of carbonyl (C=O) groups excluding carboxylic acids is 1. The molecule has 4 aromatic carbocycles. The van der Waals surface area contributed by atoms with Crippen LogP contribution in [0, 0.1) is 20.2 Å².